The van der Waals surface area contributed by atoms with E-state index in [1.54, 1.807) is 29.2 Å². The van der Waals surface area contributed by atoms with Gasteiger partial charge in [0, 0.05) is 31.7 Å². The second-order valence-electron chi connectivity index (χ2n) is 6.33. The molecule has 24 heavy (non-hydrogen) atoms. The first-order valence-electron chi connectivity index (χ1n) is 8.37. The predicted molar refractivity (Wildman–Crippen MR) is 88.7 cm³/mol. The number of anilines is 1. The zero-order valence-electron chi connectivity index (χ0n) is 13.9. The van der Waals surface area contributed by atoms with E-state index in [4.69, 9.17) is 0 Å². The Balaban J connectivity index is 1.68. The monoisotopic (exact) mass is 330 g/mol. The van der Waals surface area contributed by atoms with E-state index in [1.165, 1.54) is 13.5 Å². The number of likely N-dealkylation sites (tertiary alicyclic amines) is 1. The molecule has 2 fully saturated rings. The molecule has 0 aliphatic carbocycles. The fourth-order valence-corrected chi connectivity index (χ4v) is 3.39. The number of hydrogen-bond acceptors (Lipinski definition) is 4. The summed E-state index contributed by atoms with van der Waals surface area (Å²) in [6, 6.07) is 6.71. The van der Waals surface area contributed by atoms with Crippen LogP contribution in [0.3, 0.4) is 0 Å². The summed E-state index contributed by atoms with van der Waals surface area (Å²) in [5.41, 5.74) is 1.15. The Morgan fingerprint density at radius 2 is 1.75 bits per heavy atom. The number of nitrogens with zero attached hydrogens (tertiary/aromatic N) is 2. The number of carbonyl (C=O) groups is 3. The Hall–Kier alpha value is -2.37. The van der Waals surface area contributed by atoms with Gasteiger partial charge in [0.1, 0.15) is 0 Å². The van der Waals surface area contributed by atoms with Crippen LogP contribution in [0.2, 0.25) is 0 Å². The van der Waals surface area contributed by atoms with Crippen molar-refractivity contribution in [3.8, 4) is 0 Å². The fraction of sp³-hybridized carbons (Fsp3) is 0.500. The van der Waals surface area contributed by atoms with E-state index >= 15 is 0 Å². The van der Waals surface area contributed by atoms with Crippen LogP contribution in [0.15, 0.2) is 24.3 Å². The quantitative estimate of drug-likeness (QED) is 0.793. The van der Waals surface area contributed by atoms with Gasteiger partial charge in [0.05, 0.1) is 18.6 Å². The van der Waals surface area contributed by atoms with Crippen molar-refractivity contribution in [2.45, 2.75) is 25.7 Å². The highest BCUT2D eigenvalue weighted by atomic mass is 16.5. The summed E-state index contributed by atoms with van der Waals surface area (Å²) < 4.78 is 4.67. The van der Waals surface area contributed by atoms with Crippen molar-refractivity contribution < 1.29 is 19.1 Å². The molecule has 0 spiro atoms. The average molecular weight is 330 g/mol. The lowest BCUT2D eigenvalue weighted by atomic mass is 10.0. The molecule has 6 heteroatoms. The van der Waals surface area contributed by atoms with Crippen LogP contribution in [0.4, 0.5) is 5.69 Å². The summed E-state index contributed by atoms with van der Waals surface area (Å²) in [5, 5.41) is 0. The molecule has 0 N–H and O–H groups in total. The number of methoxy groups -OCH3 is 1. The second kappa shape index (κ2) is 7.03. The van der Waals surface area contributed by atoms with E-state index in [1.807, 2.05) is 4.90 Å². The maximum absolute atomic E-state index is 12.6. The molecular weight excluding hydrogens is 308 g/mol. The highest BCUT2D eigenvalue weighted by Crippen LogP contribution is 2.27. The number of carbonyl (C=O) groups excluding carboxylic acids is 3. The lowest BCUT2D eigenvalue weighted by Crippen LogP contribution is -2.40. The normalized spacial score (nSPS) is 21.0. The molecule has 2 aliphatic rings. The largest absolute Gasteiger partial charge is 0.465 e. The van der Waals surface area contributed by atoms with Crippen LogP contribution in [0.1, 0.15) is 36.0 Å². The molecule has 6 nitrogen and oxygen atoms in total. The van der Waals surface area contributed by atoms with Crippen LogP contribution in [-0.4, -0.2) is 49.4 Å². The van der Waals surface area contributed by atoms with Crippen LogP contribution < -0.4 is 4.90 Å². The first kappa shape index (κ1) is 16.5. The highest BCUT2D eigenvalue weighted by molar-refractivity contribution is 6.00. The van der Waals surface area contributed by atoms with E-state index in [2.05, 4.69) is 4.74 Å². The number of esters is 1. The van der Waals surface area contributed by atoms with Crippen LogP contribution in [-0.2, 0) is 14.3 Å². The Labute approximate surface area is 141 Å². The van der Waals surface area contributed by atoms with E-state index in [9.17, 15) is 14.4 Å². The van der Waals surface area contributed by atoms with Gasteiger partial charge in [-0.05, 0) is 43.5 Å². The number of rotatable bonds is 3. The van der Waals surface area contributed by atoms with Crippen molar-refractivity contribution in [3.05, 3.63) is 29.8 Å². The molecular formula is C18H22N2O4. The number of benzene rings is 1. The van der Waals surface area contributed by atoms with Gasteiger partial charge in [0.2, 0.25) is 11.8 Å². The Morgan fingerprint density at radius 1 is 1.08 bits per heavy atom. The maximum Gasteiger partial charge on any atom is 0.337 e. The van der Waals surface area contributed by atoms with Gasteiger partial charge in [0.15, 0.2) is 0 Å². The van der Waals surface area contributed by atoms with Gasteiger partial charge in [-0.2, -0.15) is 0 Å². The zero-order chi connectivity index (χ0) is 17.1. The van der Waals surface area contributed by atoms with Gasteiger partial charge < -0.3 is 14.5 Å². The molecule has 1 aromatic carbocycles. The van der Waals surface area contributed by atoms with Gasteiger partial charge in [-0.25, -0.2) is 4.79 Å². The molecule has 0 saturated carbocycles. The zero-order valence-corrected chi connectivity index (χ0v) is 13.9. The molecule has 1 atom stereocenters. The number of ether oxygens (including phenoxy) is 1. The summed E-state index contributed by atoms with van der Waals surface area (Å²) >= 11 is 0. The molecule has 0 bridgehead atoms. The van der Waals surface area contributed by atoms with Gasteiger partial charge >= 0.3 is 5.97 Å². The molecule has 0 radical (unpaired) electrons. The second-order valence-corrected chi connectivity index (χ2v) is 6.33. The van der Waals surface area contributed by atoms with Crippen molar-refractivity contribution in [1.82, 2.24) is 4.90 Å². The highest BCUT2D eigenvalue weighted by Gasteiger charge is 2.37. The Morgan fingerprint density at radius 3 is 2.38 bits per heavy atom. The molecule has 128 valence electrons. The molecule has 0 aromatic heterocycles. The Bertz CT molecular complexity index is 635. The summed E-state index contributed by atoms with van der Waals surface area (Å²) in [6.07, 6.45) is 3.52. The smallest absolute Gasteiger partial charge is 0.337 e. The molecule has 3 rings (SSSR count). The summed E-state index contributed by atoms with van der Waals surface area (Å²) in [5.74, 6) is -0.628. The van der Waals surface area contributed by atoms with E-state index in [-0.39, 0.29) is 24.2 Å². The van der Waals surface area contributed by atoms with Crippen molar-refractivity contribution in [2.75, 3.05) is 31.6 Å². The van der Waals surface area contributed by atoms with Gasteiger partial charge in [-0.3, -0.25) is 9.59 Å². The van der Waals surface area contributed by atoms with Crippen LogP contribution in [0.25, 0.3) is 0 Å². The lowest BCUT2D eigenvalue weighted by Gasteiger charge is -2.29. The molecule has 2 amide bonds. The maximum atomic E-state index is 12.6. The van der Waals surface area contributed by atoms with E-state index in [0.717, 1.165) is 25.9 Å². The third-order valence-corrected chi connectivity index (χ3v) is 4.74. The average Bonchev–Trinajstić information content (AvgIpc) is 3.03. The third kappa shape index (κ3) is 3.27. The predicted octanol–water partition coefficient (Wildman–Crippen LogP) is 1.84. The molecule has 2 saturated heterocycles. The van der Waals surface area contributed by atoms with Crippen molar-refractivity contribution in [3.63, 3.8) is 0 Å². The number of piperidine rings is 1. The molecule has 1 aromatic rings. The van der Waals surface area contributed by atoms with E-state index < -0.39 is 5.97 Å². The van der Waals surface area contributed by atoms with Crippen LogP contribution in [0.5, 0.6) is 0 Å². The van der Waals surface area contributed by atoms with Crippen molar-refractivity contribution >= 4 is 23.5 Å². The van der Waals surface area contributed by atoms with Gasteiger partial charge in [0.25, 0.3) is 0 Å². The molecule has 2 aliphatic heterocycles. The number of amides is 2. The minimum absolute atomic E-state index is 0.0452. The Kier molecular flexibility index (Phi) is 4.83. The summed E-state index contributed by atoms with van der Waals surface area (Å²) in [4.78, 5) is 39.9. The summed E-state index contributed by atoms with van der Waals surface area (Å²) in [6.45, 7) is 2.01. The number of hydrogen-bond donors (Lipinski definition) is 0. The molecule has 2 heterocycles. The minimum atomic E-state index is -0.410. The summed E-state index contributed by atoms with van der Waals surface area (Å²) in [7, 11) is 1.33. The van der Waals surface area contributed by atoms with Gasteiger partial charge in [-0.1, -0.05) is 0 Å². The standard InChI is InChI=1S/C18H22N2O4/c1-24-18(23)13-5-7-15(8-6-13)20-12-14(11-16(20)21)17(22)19-9-3-2-4-10-19/h5-8,14H,2-4,9-12H2,1H3. The lowest BCUT2D eigenvalue weighted by molar-refractivity contribution is -0.136. The van der Waals surface area contributed by atoms with Crippen LogP contribution >= 0.6 is 0 Å². The topological polar surface area (TPSA) is 66.9 Å². The van der Waals surface area contributed by atoms with Crippen molar-refractivity contribution in [2.24, 2.45) is 5.92 Å². The first-order valence-corrected chi connectivity index (χ1v) is 8.37. The van der Waals surface area contributed by atoms with E-state index in [0.29, 0.717) is 17.8 Å². The fourth-order valence-electron chi connectivity index (χ4n) is 3.39. The first-order chi connectivity index (χ1) is 11.6. The molecule has 1 unspecified atom stereocenters. The van der Waals surface area contributed by atoms with Crippen molar-refractivity contribution in [1.29, 1.82) is 0 Å². The van der Waals surface area contributed by atoms with Crippen LogP contribution in [0, 0.1) is 5.92 Å². The van der Waals surface area contributed by atoms with Gasteiger partial charge in [-0.15, -0.1) is 0 Å². The minimum Gasteiger partial charge on any atom is -0.465 e. The SMILES string of the molecule is COC(=O)c1ccc(N2CC(C(=O)N3CCCCC3)CC2=O)cc1. The third-order valence-electron chi connectivity index (χ3n) is 4.74.